The summed E-state index contributed by atoms with van der Waals surface area (Å²) in [6.45, 7) is 2.26. The number of amides is 3. The van der Waals surface area contributed by atoms with E-state index in [1.165, 1.54) is 12.1 Å². The lowest BCUT2D eigenvalue weighted by Crippen LogP contribution is -2.52. The summed E-state index contributed by atoms with van der Waals surface area (Å²) in [6.07, 6.45) is -2.02. The second-order valence-electron chi connectivity index (χ2n) is 8.25. The monoisotopic (exact) mass is 475 g/mol. The fourth-order valence-corrected chi connectivity index (χ4v) is 3.52. The SMILES string of the molecule is Cc1ccc(CNC(=O)C(Cc2ccc(O)cc2)NC(=O)C(Cc2ccccc2)OC(N)=O)cc1. The standard InChI is InChI=1S/C27H29N3O5/c1-18-7-9-21(10-8-18)17-29-25(32)23(15-20-11-13-22(31)14-12-20)30-26(33)24(35-27(28)34)16-19-5-3-2-4-6-19/h2-14,23-24,31H,15-17H2,1H3,(H2,28,34)(H,29,32)(H,30,33). The van der Waals surface area contributed by atoms with E-state index < -0.39 is 30.1 Å². The zero-order valence-electron chi connectivity index (χ0n) is 19.4. The number of nitrogens with two attached hydrogens (primary N) is 1. The van der Waals surface area contributed by atoms with Gasteiger partial charge in [-0.3, -0.25) is 9.59 Å². The van der Waals surface area contributed by atoms with Gasteiger partial charge in [0.05, 0.1) is 0 Å². The number of carbonyl (C=O) groups is 3. The van der Waals surface area contributed by atoms with Crippen molar-refractivity contribution < 1.29 is 24.2 Å². The predicted molar refractivity (Wildman–Crippen MR) is 131 cm³/mol. The molecule has 0 spiro atoms. The van der Waals surface area contributed by atoms with Crippen LogP contribution in [-0.4, -0.2) is 35.2 Å². The van der Waals surface area contributed by atoms with Crippen molar-refractivity contribution in [1.29, 1.82) is 0 Å². The quantitative estimate of drug-likeness (QED) is 0.358. The van der Waals surface area contributed by atoms with Crippen LogP contribution < -0.4 is 16.4 Å². The molecule has 0 heterocycles. The van der Waals surface area contributed by atoms with Gasteiger partial charge in [0.15, 0.2) is 6.10 Å². The lowest BCUT2D eigenvalue weighted by atomic mass is 10.0. The third-order valence-electron chi connectivity index (χ3n) is 5.41. The summed E-state index contributed by atoms with van der Waals surface area (Å²) in [5.74, 6) is -0.942. The molecule has 3 amide bonds. The normalized spacial score (nSPS) is 12.3. The number of ether oxygens (including phenoxy) is 1. The number of nitrogens with one attached hydrogen (secondary N) is 2. The molecular formula is C27H29N3O5. The molecule has 8 heteroatoms. The van der Waals surface area contributed by atoms with Crippen LogP contribution in [0.4, 0.5) is 4.79 Å². The van der Waals surface area contributed by atoms with Crippen LogP contribution in [0.1, 0.15) is 22.3 Å². The molecular weight excluding hydrogens is 446 g/mol. The largest absolute Gasteiger partial charge is 0.508 e. The third kappa shape index (κ3) is 8.19. The van der Waals surface area contributed by atoms with Crippen molar-refractivity contribution in [3.05, 3.63) is 101 Å². The summed E-state index contributed by atoms with van der Waals surface area (Å²) in [4.78, 5) is 37.6. The van der Waals surface area contributed by atoms with Gasteiger partial charge in [0.1, 0.15) is 11.8 Å². The van der Waals surface area contributed by atoms with E-state index in [2.05, 4.69) is 10.6 Å². The van der Waals surface area contributed by atoms with Crippen LogP contribution in [-0.2, 0) is 33.7 Å². The van der Waals surface area contributed by atoms with Crippen molar-refractivity contribution in [2.24, 2.45) is 5.73 Å². The maximum absolute atomic E-state index is 13.1. The Balaban J connectivity index is 1.75. The van der Waals surface area contributed by atoms with Gasteiger partial charge in [0, 0.05) is 19.4 Å². The van der Waals surface area contributed by atoms with E-state index in [1.807, 2.05) is 37.3 Å². The van der Waals surface area contributed by atoms with Crippen molar-refractivity contribution in [2.45, 2.75) is 38.5 Å². The minimum Gasteiger partial charge on any atom is -0.508 e. The molecule has 0 saturated carbocycles. The van der Waals surface area contributed by atoms with Gasteiger partial charge in [-0.2, -0.15) is 0 Å². The van der Waals surface area contributed by atoms with Crippen LogP contribution in [0.2, 0.25) is 0 Å². The number of primary amides is 1. The first-order valence-corrected chi connectivity index (χ1v) is 11.2. The zero-order valence-corrected chi connectivity index (χ0v) is 19.4. The van der Waals surface area contributed by atoms with Crippen LogP contribution in [0.3, 0.4) is 0 Å². The first kappa shape index (κ1) is 25.3. The summed E-state index contributed by atoms with van der Waals surface area (Å²) >= 11 is 0. The molecule has 0 fully saturated rings. The van der Waals surface area contributed by atoms with Crippen molar-refractivity contribution in [3.8, 4) is 5.75 Å². The van der Waals surface area contributed by atoms with Crippen LogP contribution in [0.5, 0.6) is 5.75 Å². The number of aryl methyl sites for hydroxylation is 1. The molecule has 3 rings (SSSR count). The molecule has 5 N–H and O–H groups in total. The molecule has 182 valence electrons. The fraction of sp³-hybridized carbons (Fsp3) is 0.222. The maximum Gasteiger partial charge on any atom is 0.405 e. The first-order valence-electron chi connectivity index (χ1n) is 11.2. The number of carbonyl (C=O) groups excluding carboxylic acids is 3. The molecule has 0 saturated heterocycles. The van der Waals surface area contributed by atoms with E-state index in [-0.39, 0.29) is 25.1 Å². The smallest absolute Gasteiger partial charge is 0.405 e. The molecule has 8 nitrogen and oxygen atoms in total. The summed E-state index contributed by atoms with van der Waals surface area (Å²) in [5, 5.41) is 15.1. The molecule has 0 aliphatic heterocycles. The molecule has 3 aromatic carbocycles. The molecule has 35 heavy (non-hydrogen) atoms. The summed E-state index contributed by atoms with van der Waals surface area (Å²) < 4.78 is 5.07. The molecule has 0 aliphatic carbocycles. The van der Waals surface area contributed by atoms with Crippen LogP contribution in [0.25, 0.3) is 0 Å². The molecule has 3 aromatic rings. The fourth-order valence-electron chi connectivity index (χ4n) is 3.52. The maximum atomic E-state index is 13.1. The minimum atomic E-state index is -1.21. The van der Waals surface area contributed by atoms with E-state index >= 15 is 0 Å². The van der Waals surface area contributed by atoms with Gasteiger partial charge in [-0.15, -0.1) is 0 Å². The third-order valence-corrected chi connectivity index (χ3v) is 5.41. The Labute approximate surface area is 204 Å². The van der Waals surface area contributed by atoms with Gasteiger partial charge < -0.3 is 26.2 Å². The second kappa shape index (κ2) is 12.2. The highest BCUT2D eigenvalue weighted by Crippen LogP contribution is 2.13. The van der Waals surface area contributed by atoms with Crippen LogP contribution in [0.15, 0.2) is 78.9 Å². The number of phenolic OH excluding ortho intramolecular Hbond substituents is 1. The van der Waals surface area contributed by atoms with E-state index in [0.29, 0.717) is 0 Å². The summed E-state index contributed by atoms with van der Waals surface area (Å²) in [7, 11) is 0. The van der Waals surface area contributed by atoms with E-state index in [9.17, 15) is 19.5 Å². The molecule has 2 unspecified atom stereocenters. The van der Waals surface area contributed by atoms with Crippen molar-refractivity contribution in [3.63, 3.8) is 0 Å². The number of hydrogen-bond acceptors (Lipinski definition) is 5. The minimum absolute atomic E-state index is 0.0935. The highest BCUT2D eigenvalue weighted by Gasteiger charge is 2.28. The van der Waals surface area contributed by atoms with Gasteiger partial charge in [-0.05, 0) is 35.7 Å². The number of hydrogen-bond donors (Lipinski definition) is 4. The predicted octanol–water partition coefficient (Wildman–Crippen LogP) is 2.75. The average Bonchev–Trinajstić information content (AvgIpc) is 2.84. The van der Waals surface area contributed by atoms with Gasteiger partial charge in [-0.1, -0.05) is 72.3 Å². The topological polar surface area (TPSA) is 131 Å². The van der Waals surface area contributed by atoms with Gasteiger partial charge in [0.2, 0.25) is 5.91 Å². The molecule has 0 aromatic heterocycles. The number of phenols is 1. The first-order chi connectivity index (χ1) is 16.8. The van der Waals surface area contributed by atoms with Gasteiger partial charge in [-0.25, -0.2) is 4.79 Å². The highest BCUT2D eigenvalue weighted by molar-refractivity contribution is 5.90. The van der Waals surface area contributed by atoms with Gasteiger partial charge >= 0.3 is 6.09 Å². The Bertz CT molecular complexity index is 1130. The Morgan fingerprint density at radius 3 is 2.06 bits per heavy atom. The van der Waals surface area contributed by atoms with E-state index in [1.54, 1.807) is 36.4 Å². The summed E-state index contributed by atoms with van der Waals surface area (Å²) in [5.41, 5.74) is 8.72. The van der Waals surface area contributed by atoms with Crippen molar-refractivity contribution in [2.75, 3.05) is 0 Å². The summed E-state index contributed by atoms with van der Waals surface area (Å²) in [6, 6.07) is 22.2. The molecule has 2 atom stereocenters. The lowest BCUT2D eigenvalue weighted by molar-refractivity contribution is -0.134. The Morgan fingerprint density at radius 1 is 0.829 bits per heavy atom. The van der Waals surface area contributed by atoms with Crippen molar-refractivity contribution in [1.82, 2.24) is 10.6 Å². The highest BCUT2D eigenvalue weighted by atomic mass is 16.6. The van der Waals surface area contributed by atoms with Gasteiger partial charge in [0.25, 0.3) is 5.91 Å². The average molecular weight is 476 g/mol. The van der Waals surface area contributed by atoms with E-state index in [4.69, 9.17) is 10.5 Å². The Kier molecular flexibility index (Phi) is 8.83. The Hall–Kier alpha value is -4.33. The van der Waals surface area contributed by atoms with Crippen LogP contribution in [0, 0.1) is 6.92 Å². The zero-order chi connectivity index (χ0) is 25.2. The number of aromatic hydroxyl groups is 1. The Morgan fingerprint density at radius 2 is 1.43 bits per heavy atom. The number of benzene rings is 3. The molecule has 0 aliphatic rings. The second-order valence-corrected chi connectivity index (χ2v) is 8.25. The molecule has 0 bridgehead atoms. The van der Waals surface area contributed by atoms with Crippen molar-refractivity contribution >= 4 is 17.9 Å². The van der Waals surface area contributed by atoms with Crippen LogP contribution >= 0.6 is 0 Å². The lowest BCUT2D eigenvalue weighted by Gasteiger charge is -2.22. The molecule has 0 radical (unpaired) electrons. The van der Waals surface area contributed by atoms with E-state index in [0.717, 1.165) is 22.3 Å². The number of rotatable bonds is 10.